The Bertz CT molecular complexity index is 1210. The number of fused-ring (bicyclic) bond motifs is 1. The molecule has 1 heterocycles. The van der Waals surface area contributed by atoms with Crippen LogP contribution in [0, 0.1) is 17.4 Å². The van der Waals surface area contributed by atoms with Gasteiger partial charge < -0.3 is 33.2 Å². The molecule has 0 saturated heterocycles. The Balaban J connectivity index is 2.03. The molecule has 0 unspecified atom stereocenters. The first-order chi connectivity index (χ1) is 20.9. The predicted molar refractivity (Wildman–Crippen MR) is 166 cm³/mol. The van der Waals surface area contributed by atoms with Gasteiger partial charge in [-0.25, -0.2) is 14.4 Å². The van der Waals surface area contributed by atoms with E-state index in [0.29, 0.717) is 38.7 Å². The molecule has 1 aromatic carbocycles. The van der Waals surface area contributed by atoms with Gasteiger partial charge in [-0.15, -0.1) is 0 Å². The molecule has 0 bridgehead atoms. The van der Waals surface area contributed by atoms with E-state index in [1.165, 1.54) is 30.6 Å². The first kappa shape index (κ1) is 36.8. The van der Waals surface area contributed by atoms with Crippen LogP contribution in [0.4, 0.5) is 0 Å². The summed E-state index contributed by atoms with van der Waals surface area (Å²) in [7, 11) is 1.23. The Morgan fingerprint density at radius 3 is 1.59 bits per heavy atom. The number of thioether (sulfide) groups is 2. The largest absolute Gasteiger partial charge is 0.490 e. The molecule has 0 spiro atoms. The van der Waals surface area contributed by atoms with Gasteiger partial charge in [-0.1, -0.05) is 64.4 Å². The van der Waals surface area contributed by atoms with Crippen LogP contribution in [-0.2, 0) is 38.1 Å². The average Bonchev–Trinajstić information content (AvgIpc) is 3.44. The molecular weight excluding hydrogens is 610 g/mol. The van der Waals surface area contributed by atoms with E-state index in [2.05, 4.69) is 18.0 Å². The summed E-state index contributed by atoms with van der Waals surface area (Å²) in [5, 5.41) is 0. The topological polar surface area (TPSA) is 120 Å². The maximum Gasteiger partial charge on any atom is 0.337 e. The quantitative estimate of drug-likeness (QED) is 0.0623. The highest BCUT2D eigenvalue weighted by Crippen LogP contribution is 2.59. The Hall–Kier alpha value is -3.44. The van der Waals surface area contributed by atoms with E-state index in [9.17, 15) is 14.4 Å². The van der Waals surface area contributed by atoms with E-state index in [-0.39, 0.29) is 45.3 Å². The number of ether oxygens (including phenoxy) is 7. The zero-order chi connectivity index (χ0) is 32.8. The lowest BCUT2D eigenvalue weighted by molar-refractivity contribution is -0.142. The average molecular weight is 650 g/mol. The molecule has 240 valence electrons. The summed E-state index contributed by atoms with van der Waals surface area (Å²) in [6.45, 7) is 24.0. The summed E-state index contributed by atoms with van der Waals surface area (Å²) < 4.78 is 39.0. The van der Waals surface area contributed by atoms with Crippen LogP contribution in [-0.4, -0.2) is 77.9 Å². The summed E-state index contributed by atoms with van der Waals surface area (Å²) in [4.78, 5) is 39.7. The van der Waals surface area contributed by atoms with Crippen LogP contribution in [0.1, 0.15) is 27.7 Å². The number of methoxy groups -OCH3 is 1. The van der Waals surface area contributed by atoms with Crippen molar-refractivity contribution < 1.29 is 47.5 Å². The minimum absolute atomic E-state index is 0.124. The van der Waals surface area contributed by atoms with Crippen LogP contribution in [0.5, 0.6) is 11.5 Å². The number of rotatable bonds is 19. The van der Waals surface area contributed by atoms with Crippen molar-refractivity contribution >= 4 is 41.4 Å². The molecule has 0 fully saturated rings. The Labute approximate surface area is 267 Å². The Morgan fingerprint density at radius 2 is 1.23 bits per heavy atom. The number of benzene rings is 1. The molecular formula is C31H39NO10S2. The highest BCUT2D eigenvalue weighted by atomic mass is 32.2. The molecule has 0 N–H and O–H groups in total. The van der Waals surface area contributed by atoms with Gasteiger partial charge >= 0.3 is 17.9 Å². The first-order valence-electron chi connectivity index (χ1n) is 13.6. The SMILES string of the molecule is [C-]#[N+]C(C(=O)OC)=C1Sc2c(OCCOCC(C)(C)COC(=O)C=C)ccc(OCCOCC(C)(C)COC(=O)C=C)c2S1. The second kappa shape index (κ2) is 17.8. The Morgan fingerprint density at radius 1 is 0.795 bits per heavy atom. The molecule has 0 aromatic heterocycles. The summed E-state index contributed by atoms with van der Waals surface area (Å²) in [6, 6.07) is 3.52. The number of carbonyl (C=O) groups excluding carboxylic acids is 3. The lowest BCUT2D eigenvalue weighted by Crippen LogP contribution is -2.27. The first-order valence-corrected chi connectivity index (χ1v) is 15.2. The Kier molecular flexibility index (Phi) is 14.8. The van der Waals surface area contributed by atoms with E-state index in [4.69, 9.17) is 39.7 Å². The van der Waals surface area contributed by atoms with Gasteiger partial charge in [-0.3, -0.25) is 4.79 Å². The van der Waals surface area contributed by atoms with Gasteiger partial charge in [0.2, 0.25) is 0 Å². The second-order valence-corrected chi connectivity index (χ2v) is 13.2. The number of hydrogen-bond donors (Lipinski definition) is 0. The molecule has 1 aromatic rings. The van der Waals surface area contributed by atoms with E-state index in [0.717, 1.165) is 12.2 Å². The normalized spacial score (nSPS) is 12.4. The van der Waals surface area contributed by atoms with E-state index < -0.39 is 28.7 Å². The zero-order valence-corrected chi connectivity index (χ0v) is 27.4. The van der Waals surface area contributed by atoms with Crippen LogP contribution < -0.4 is 9.47 Å². The predicted octanol–water partition coefficient (Wildman–Crippen LogP) is 5.45. The van der Waals surface area contributed by atoms with E-state index in [1.54, 1.807) is 12.1 Å². The molecule has 0 saturated carbocycles. The number of esters is 3. The van der Waals surface area contributed by atoms with Crippen molar-refractivity contribution in [3.05, 3.63) is 58.8 Å². The third kappa shape index (κ3) is 11.9. The molecule has 11 nitrogen and oxygen atoms in total. The van der Waals surface area contributed by atoms with Gasteiger partial charge in [0, 0.05) is 23.0 Å². The van der Waals surface area contributed by atoms with Gasteiger partial charge in [0.1, 0.15) is 24.7 Å². The van der Waals surface area contributed by atoms with Crippen molar-refractivity contribution in [1.29, 1.82) is 0 Å². The van der Waals surface area contributed by atoms with Crippen LogP contribution >= 0.6 is 23.5 Å². The second-order valence-electron chi connectivity index (χ2n) is 10.9. The van der Waals surface area contributed by atoms with Crippen LogP contribution in [0.3, 0.4) is 0 Å². The fourth-order valence-corrected chi connectivity index (χ4v) is 5.95. The van der Waals surface area contributed by atoms with Crippen molar-refractivity contribution in [1.82, 2.24) is 0 Å². The smallest absolute Gasteiger partial charge is 0.337 e. The third-order valence-electron chi connectivity index (χ3n) is 5.61. The van der Waals surface area contributed by atoms with Crippen LogP contribution in [0.25, 0.3) is 4.85 Å². The molecule has 0 aliphatic carbocycles. The molecule has 44 heavy (non-hydrogen) atoms. The van der Waals surface area contributed by atoms with Gasteiger partial charge in [0.15, 0.2) is 0 Å². The fourth-order valence-electron chi connectivity index (χ4n) is 3.37. The van der Waals surface area contributed by atoms with E-state index >= 15 is 0 Å². The summed E-state index contributed by atoms with van der Waals surface area (Å²) in [6.07, 6.45) is 2.23. The number of carbonyl (C=O) groups is 3. The lowest BCUT2D eigenvalue weighted by Gasteiger charge is -2.23. The van der Waals surface area contributed by atoms with Crippen molar-refractivity contribution in [2.75, 3.05) is 60.0 Å². The highest BCUT2D eigenvalue weighted by Gasteiger charge is 2.31. The summed E-state index contributed by atoms with van der Waals surface area (Å²) in [5.74, 6) is -0.606. The van der Waals surface area contributed by atoms with Crippen LogP contribution in [0.15, 0.2) is 57.2 Å². The molecule has 2 rings (SSSR count). The van der Waals surface area contributed by atoms with Gasteiger partial charge in [-0.05, 0) is 12.1 Å². The van der Waals surface area contributed by atoms with Crippen molar-refractivity contribution in [2.45, 2.75) is 37.5 Å². The highest BCUT2D eigenvalue weighted by molar-refractivity contribution is 8.24. The minimum Gasteiger partial charge on any atom is -0.490 e. The maximum absolute atomic E-state index is 12.2. The monoisotopic (exact) mass is 649 g/mol. The van der Waals surface area contributed by atoms with Crippen molar-refractivity contribution in [2.24, 2.45) is 10.8 Å². The number of nitrogens with zero attached hydrogens (tertiary/aromatic N) is 1. The molecule has 0 amide bonds. The third-order valence-corrected chi connectivity index (χ3v) is 8.22. The fraction of sp³-hybridized carbons (Fsp3) is 0.484. The lowest BCUT2D eigenvalue weighted by atomic mass is 9.96. The zero-order valence-electron chi connectivity index (χ0n) is 25.7. The molecule has 0 radical (unpaired) electrons. The van der Waals surface area contributed by atoms with Gasteiger partial charge in [0.05, 0.1) is 67.4 Å². The standard InChI is InChI=1S/C31H39NO10S2/c1-9-23(33)41-19-30(3,4)17-37-13-15-39-21-11-12-22(27-26(21)43-29(44-27)25(32-7)28(35)36-8)40-16-14-38-18-31(5,6)20-42-24(34)10-2/h9-12H,1-2,13-20H2,3-6,8H3. The minimum atomic E-state index is -0.725. The van der Waals surface area contributed by atoms with Crippen LogP contribution in [0.2, 0.25) is 0 Å². The molecule has 13 heteroatoms. The molecule has 1 aliphatic heterocycles. The van der Waals surface area contributed by atoms with Crippen molar-refractivity contribution in [3.63, 3.8) is 0 Å². The van der Waals surface area contributed by atoms with Gasteiger partial charge in [0.25, 0.3) is 5.70 Å². The molecule has 1 aliphatic rings. The summed E-state index contributed by atoms with van der Waals surface area (Å²) in [5.41, 5.74) is -0.916. The summed E-state index contributed by atoms with van der Waals surface area (Å²) >= 11 is 2.47. The maximum atomic E-state index is 12.2. The van der Waals surface area contributed by atoms with Crippen molar-refractivity contribution in [3.8, 4) is 11.5 Å². The number of hydrogen-bond acceptors (Lipinski definition) is 12. The van der Waals surface area contributed by atoms with E-state index in [1.807, 2.05) is 27.7 Å². The molecule has 0 atom stereocenters. The van der Waals surface area contributed by atoms with Gasteiger partial charge in [-0.2, -0.15) is 0 Å².